The van der Waals surface area contributed by atoms with Crippen LogP contribution in [0.3, 0.4) is 0 Å². The molecule has 1 unspecified atom stereocenters. The maximum Gasteiger partial charge on any atom is 0.223 e. The number of rotatable bonds is 4. The highest BCUT2D eigenvalue weighted by atomic mass is 35.5. The molecule has 1 amide bonds. The van der Waals surface area contributed by atoms with Gasteiger partial charge in [0.05, 0.1) is 6.04 Å². The minimum absolute atomic E-state index is 0.115. The van der Waals surface area contributed by atoms with Crippen LogP contribution in [0.25, 0.3) is 0 Å². The van der Waals surface area contributed by atoms with Gasteiger partial charge in [-0.15, -0.1) is 0 Å². The van der Waals surface area contributed by atoms with Crippen molar-refractivity contribution in [2.45, 2.75) is 31.7 Å². The molecule has 0 aliphatic carbocycles. The number of likely N-dealkylation sites (tertiary alicyclic amines) is 1. The Balaban J connectivity index is 1.46. The van der Waals surface area contributed by atoms with E-state index in [4.69, 9.17) is 21.1 Å². The van der Waals surface area contributed by atoms with E-state index < -0.39 is 0 Å². The van der Waals surface area contributed by atoms with Gasteiger partial charge in [-0.2, -0.15) is 0 Å². The Labute approximate surface area is 158 Å². The van der Waals surface area contributed by atoms with E-state index in [0.717, 1.165) is 47.0 Å². The molecule has 2 aliphatic heterocycles. The third-order valence-electron chi connectivity index (χ3n) is 5.09. The second kappa shape index (κ2) is 7.58. The first-order chi connectivity index (χ1) is 12.7. The highest BCUT2D eigenvalue weighted by Crippen LogP contribution is 2.38. The maximum atomic E-state index is 12.8. The summed E-state index contributed by atoms with van der Waals surface area (Å²) in [6, 6.07) is 13.9. The van der Waals surface area contributed by atoms with Crippen LogP contribution in [-0.2, 0) is 11.2 Å². The van der Waals surface area contributed by atoms with Crippen LogP contribution in [-0.4, -0.2) is 30.6 Å². The van der Waals surface area contributed by atoms with Gasteiger partial charge >= 0.3 is 0 Å². The van der Waals surface area contributed by atoms with Crippen LogP contribution in [0.15, 0.2) is 42.5 Å². The Hall–Kier alpha value is -2.20. The number of nitrogens with zero attached hydrogens (tertiary/aromatic N) is 1. The molecule has 1 saturated heterocycles. The highest BCUT2D eigenvalue weighted by molar-refractivity contribution is 6.31. The van der Waals surface area contributed by atoms with Crippen LogP contribution in [0.5, 0.6) is 11.5 Å². The molecule has 0 bridgehead atoms. The van der Waals surface area contributed by atoms with E-state index in [1.165, 1.54) is 0 Å². The number of ether oxygens (including phenoxy) is 2. The van der Waals surface area contributed by atoms with Crippen molar-refractivity contribution in [1.29, 1.82) is 0 Å². The number of fused-ring (bicyclic) bond motifs is 1. The molecule has 136 valence electrons. The lowest BCUT2D eigenvalue weighted by Crippen LogP contribution is -2.30. The van der Waals surface area contributed by atoms with Crippen molar-refractivity contribution >= 4 is 17.5 Å². The molecule has 2 aromatic rings. The van der Waals surface area contributed by atoms with Gasteiger partial charge in [-0.3, -0.25) is 4.79 Å². The largest absolute Gasteiger partial charge is 0.486 e. The number of amides is 1. The first-order valence-corrected chi connectivity index (χ1v) is 9.52. The summed E-state index contributed by atoms with van der Waals surface area (Å²) in [7, 11) is 0. The lowest BCUT2D eigenvalue weighted by Gasteiger charge is -2.27. The van der Waals surface area contributed by atoms with E-state index in [1.54, 1.807) is 0 Å². The van der Waals surface area contributed by atoms with E-state index in [2.05, 4.69) is 6.07 Å². The van der Waals surface area contributed by atoms with Gasteiger partial charge in [0.25, 0.3) is 0 Å². The van der Waals surface area contributed by atoms with Crippen molar-refractivity contribution in [3.8, 4) is 11.5 Å². The minimum atomic E-state index is 0.115. The van der Waals surface area contributed by atoms with Crippen LogP contribution in [0.1, 0.15) is 36.4 Å². The summed E-state index contributed by atoms with van der Waals surface area (Å²) in [5.74, 6) is 1.75. The lowest BCUT2D eigenvalue weighted by atomic mass is 10.0. The fourth-order valence-corrected chi connectivity index (χ4v) is 4.00. The molecule has 0 spiro atoms. The molecule has 0 aromatic heterocycles. The fourth-order valence-electron chi connectivity index (χ4n) is 3.77. The summed E-state index contributed by atoms with van der Waals surface area (Å²) in [5.41, 5.74) is 2.15. The molecule has 5 heteroatoms. The Morgan fingerprint density at radius 3 is 2.77 bits per heavy atom. The summed E-state index contributed by atoms with van der Waals surface area (Å²) in [6.45, 7) is 1.96. The summed E-state index contributed by atoms with van der Waals surface area (Å²) >= 11 is 6.21. The third-order valence-corrected chi connectivity index (χ3v) is 5.46. The van der Waals surface area contributed by atoms with Crippen LogP contribution < -0.4 is 9.47 Å². The van der Waals surface area contributed by atoms with E-state index in [1.807, 2.05) is 41.3 Å². The number of benzene rings is 2. The minimum Gasteiger partial charge on any atom is -0.486 e. The van der Waals surface area contributed by atoms with Crippen molar-refractivity contribution in [2.24, 2.45) is 0 Å². The molecule has 4 nitrogen and oxygen atoms in total. The molecule has 0 N–H and O–H groups in total. The zero-order valence-corrected chi connectivity index (χ0v) is 15.4. The van der Waals surface area contributed by atoms with Crippen LogP contribution in [0, 0.1) is 0 Å². The monoisotopic (exact) mass is 371 g/mol. The fraction of sp³-hybridized carbons (Fsp3) is 0.381. The summed E-state index contributed by atoms with van der Waals surface area (Å²) in [4.78, 5) is 14.8. The van der Waals surface area contributed by atoms with Gasteiger partial charge in [-0.05, 0) is 48.6 Å². The Kier molecular flexibility index (Phi) is 5.02. The molecular formula is C21H22ClNO3. The van der Waals surface area contributed by atoms with Crippen LogP contribution >= 0.6 is 11.6 Å². The number of halogens is 1. The van der Waals surface area contributed by atoms with Gasteiger partial charge in [-0.25, -0.2) is 0 Å². The first-order valence-electron chi connectivity index (χ1n) is 9.15. The molecule has 0 radical (unpaired) electrons. The van der Waals surface area contributed by atoms with Gasteiger partial charge < -0.3 is 14.4 Å². The number of hydrogen-bond donors (Lipinski definition) is 0. The van der Waals surface area contributed by atoms with Crippen molar-refractivity contribution in [3.63, 3.8) is 0 Å². The molecule has 2 heterocycles. The van der Waals surface area contributed by atoms with E-state index in [0.29, 0.717) is 26.1 Å². The van der Waals surface area contributed by atoms with E-state index in [-0.39, 0.29) is 11.9 Å². The summed E-state index contributed by atoms with van der Waals surface area (Å²) in [5, 5.41) is 0.727. The molecule has 2 aliphatic rings. The number of carbonyl (C=O) groups excluding carboxylic acids is 1. The van der Waals surface area contributed by atoms with Crippen molar-refractivity contribution in [3.05, 3.63) is 58.6 Å². The quantitative estimate of drug-likeness (QED) is 0.799. The summed E-state index contributed by atoms with van der Waals surface area (Å²) < 4.78 is 11.3. The number of hydrogen-bond acceptors (Lipinski definition) is 3. The van der Waals surface area contributed by atoms with Crippen molar-refractivity contribution < 1.29 is 14.3 Å². The van der Waals surface area contributed by atoms with E-state index >= 15 is 0 Å². The van der Waals surface area contributed by atoms with Gasteiger partial charge in [0.1, 0.15) is 13.2 Å². The van der Waals surface area contributed by atoms with Crippen molar-refractivity contribution in [2.75, 3.05) is 19.8 Å². The number of carbonyl (C=O) groups is 1. The predicted octanol–water partition coefficient (Wildman–Crippen LogP) is 4.41. The molecule has 2 aromatic carbocycles. The van der Waals surface area contributed by atoms with Gasteiger partial charge in [0, 0.05) is 18.0 Å². The van der Waals surface area contributed by atoms with Gasteiger partial charge in [0.2, 0.25) is 5.91 Å². The Morgan fingerprint density at radius 2 is 1.92 bits per heavy atom. The lowest BCUT2D eigenvalue weighted by molar-refractivity contribution is -0.132. The molecular weight excluding hydrogens is 350 g/mol. The summed E-state index contributed by atoms with van der Waals surface area (Å²) in [6.07, 6.45) is 3.15. The number of aryl methyl sites for hydroxylation is 1. The molecule has 1 fully saturated rings. The molecule has 26 heavy (non-hydrogen) atoms. The SMILES string of the molecule is O=C(CCc1ccccc1Cl)N1CCCC1c1ccc2c(c1)OCCO2. The molecule has 0 saturated carbocycles. The van der Waals surface area contributed by atoms with Crippen LogP contribution in [0.4, 0.5) is 0 Å². The second-order valence-electron chi connectivity index (χ2n) is 6.74. The normalized spacial score (nSPS) is 18.8. The predicted molar refractivity (Wildman–Crippen MR) is 101 cm³/mol. The Bertz CT molecular complexity index is 808. The third kappa shape index (κ3) is 3.51. The Morgan fingerprint density at radius 1 is 1.12 bits per heavy atom. The smallest absolute Gasteiger partial charge is 0.223 e. The maximum absolute atomic E-state index is 12.8. The average molecular weight is 372 g/mol. The zero-order valence-electron chi connectivity index (χ0n) is 14.6. The highest BCUT2D eigenvalue weighted by Gasteiger charge is 2.30. The molecule has 4 rings (SSSR count). The second-order valence-corrected chi connectivity index (χ2v) is 7.15. The van der Waals surface area contributed by atoms with E-state index in [9.17, 15) is 4.79 Å². The van der Waals surface area contributed by atoms with Gasteiger partial charge in [-0.1, -0.05) is 35.9 Å². The zero-order chi connectivity index (χ0) is 17.9. The van der Waals surface area contributed by atoms with Crippen LogP contribution in [0.2, 0.25) is 5.02 Å². The first kappa shape index (κ1) is 17.2. The standard InChI is InChI=1S/C21H22ClNO3/c22-17-5-2-1-4-15(17)8-10-21(24)23-11-3-6-18(23)16-7-9-19-20(14-16)26-13-12-25-19/h1-2,4-5,7,9,14,18H,3,6,8,10-13H2. The average Bonchev–Trinajstić information content (AvgIpc) is 3.17. The topological polar surface area (TPSA) is 38.8 Å². The van der Waals surface area contributed by atoms with Crippen molar-refractivity contribution in [1.82, 2.24) is 4.90 Å². The molecule has 1 atom stereocenters. The van der Waals surface area contributed by atoms with Gasteiger partial charge in [0.15, 0.2) is 11.5 Å².